The number of halogens is 1. The van der Waals surface area contributed by atoms with Gasteiger partial charge in [-0.1, -0.05) is 30.3 Å². The van der Waals surface area contributed by atoms with Gasteiger partial charge in [-0.05, 0) is 29.8 Å². The number of amides is 2. The van der Waals surface area contributed by atoms with E-state index in [0.29, 0.717) is 36.9 Å². The maximum Gasteiger partial charge on any atom is 0.246 e. The van der Waals surface area contributed by atoms with E-state index in [1.54, 1.807) is 23.0 Å². The lowest BCUT2D eigenvalue weighted by Crippen LogP contribution is -2.51. The number of anilines is 1. The minimum atomic E-state index is -0.127. The van der Waals surface area contributed by atoms with Gasteiger partial charge in [-0.25, -0.2) is 0 Å². The molecule has 30 heavy (non-hydrogen) atoms. The molecule has 0 spiro atoms. The summed E-state index contributed by atoms with van der Waals surface area (Å²) in [4.78, 5) is 27.5. The lowest BCUT2D eigenvalue weighted by Gasteiger charge is -2.34. The van der Waals surface area contributed by atoms with Crippen molar-refractivity contribution in [3.63, 3.8) is 0 Å². The van der Waals surface area contributed by atoms with Crippen LogP contribution >= 0.6 is 11.6 Å². The Morgan fingerprint density at radius 3 is 2.40 bits per heavy atom. The fourth-order valence-corrected chi connectivity index (χ4v) is 3.55. The molecule has 1 aliphatic rings. The molecule has 158 valence electrons. The first-order valence-electron chi connectivity index (χ1n) is 9.53. The summed E-state index contributed by atoms with van der Waals surface area (Å²) in [6.45, 7) is 5.38. The number of hydrogen-bond acceptors (Lipinski definition) is 5. The highest BCUT2D eigenvalue weighted by molar-refractivity contribution is 6.33. The molecular formula is C22H24ClN3O4. The number of ether oxygens (including phenoxy) is 1. The number of rotatable bonds is 6. The summed E-state index contributed by atoms with van der Waals surface area (Å²) in [5.74, 6) is 0.456. The molecule has 2 N–H and O–H groups in total. The van der Waals surface area contributed by atoms with Gasteiger partial charge in [0.1, 0.15) is 11.5 Å². The highest BCUT2D eigenvalue weighted by atomic mass is 35.5. The van der Waals surface area contributed by atoms with Crippen LogP contribution in [0.2, 0.25) is 5.02 Å². The number of methoxy groups -OCH3 is 1. The lowest BCUT2D eigenvalue weighted by molar-refractivity contribution is -0.135. The zero-order valence-electron chi connectivity index (χ0n) is 16.7. The highest BCUT2D eigenvalue weighted by Crippen LogP contribution is 2.37. The summed E-state index contributed by atoms with van der Waals surface area (Å²) in [7, 11) is 1.60. The molecule has 0 saturated carbocycles. The second-order valence-electron chi connectivity index (χ2n) is 6.84. The summed E-state index contributed by atoms with van der Waals surface area (Å²) in [6, 6.07) is 10.6. The van der Waals surface area contributed by atoms with E-state index >= 15 is 0 Å². The lowest BCUT2D eigenvalue weighted by atomic mass is 10.0. The molecule has 0 bridgehead atoms. The first kappa shape index (κ1) is 21.5. The van der Waals surface area contributed by atoms with Crippen LogP contribution in [0.3, 0.4) is 0 Å². The number of phenols is 1. The molecule has 2 aromatic carbocycles. The van der Waals surface area contributed by atoms with Crippen LogP contribution < -0.4 is 10.1 Å². The number of nitrogens with one attached hydrogen (secondary N) is 1. The smallest absolute Gasteiger partial charge is 0.246 e. The highest BCUT2D eigenvalue weighted by Gasteiger charge is 2.23. The fraction of sp³-hybridized carbons (Fsp3) is 0.273. The maximum atomic E-state index is 12.5. The topological polar surface area (TPSA) is 82.1 Å². The third-order valence-corrected chi connectivity index (χ3v) is 5.35. The van der Waals surface area contributed by atoms with Gasteiger partial charge in [-0.2, -0.15) is 0 Å². The Morgan fingerprint density at radius 1 is 1.17 bits per heavy atom. The second kappa shape index (κ2) is 9.54. The average molecular weight is 430 g/mol. The number of carbonyl (C=O) groups is 2. The first-order chi connectivity index (χ1) is 14.4. The van der Waals surface area contributed by atoms with Crippen LogP contribution in [0.1, 0.15) is 0 Å². The number of benzene rings is 2. The summed E-state index contributed by atoms with van der Waals surface area (Å²) in [5.41, 5.74) is 2.00. The molecule has 2 amide bonds. The Hall–Kier alpha value is -3.19. The number of piperazine rings is 1. The third kappa shape index (κ3) is 4.86. The van der Waals surface area contributed by atoms with Crippen molar-refractivity contribution in [3.05, 3.63) is 54.1 Å². The zero-order valence-corrected chi connectivity index (χ0v) is 17.5. The van der Waals surface area contributed by atoms with Crippen LogP contribution in [0.5, 0.6) is 11.5 Å². The average Bonchev–Trinajstić information content (AvgIpc) is 2.78. The van der Waals surface area contributed by atoms with E-state index in [4.69, 9.17) is 16.3 Å². The predicted molar refractivity (Wildman–Crippen MR) is 117 cm³/mol. The molecule has 1 aliphatic heterocycles. The number of aromatic hydroxyl groups is 1. The summed E-state index contributed by atoms with van der Waals surface area (Å²) in [6.07, 6.45) is 1.28. The van der Waals surface area contributed by atoms with Crippen LogP contribution in [-0.4, -0.2) is 66.6 Å². The van der Waals surface area contributed by atoms with Gasteiger partial charge < -0.3 is 25.0 Å². The van der Waals surface area contributed by atoms with Crippen molar-refractivity contribution in [2.75, 3.05) is 45.2 Å². The van der Waals surface area contributed by atoms with E-state index in [1.807, 2.05) is 24.3 Å². The van der Waals surface area contributed by atoms with Crippen molar-refractivity contribution >= 4 is 29.1 Å². The number of hydrogen-bond donors (Lipinski definition) is 2. The van der Waals surface area contributed by atoms with Gasteiger partial charge in [-0.15, -0.1) is 0 Å². The maximum absolute atomic E-state index is 12.5. The van der Waals surface area contributed by atoms with Crippen molar-refractivity contribution in [3.8, 4) is 22.6 Å². The number of carbonyl (C=O) groups excluding carboxylic acids is 2. The Balaban J connectivity index is 1.66. The molecule has 7 nitrogen and oxygen atoms in total. The fourth-order valence-electron chi connectivity index (χ4n) is 3.28. The van der Waals surface area contributed by atoms with Gasteiger partial charge in [0.05, 0.1) is 24.4 Å². The molecule has 1 heterocycles. The molecule has 0 atom stereocenters. The standard InChI is InChI=1S/C22H24ClN3O4/c1-3-21(28)25-8-10-26(11-9-25)22(29)14-24-19-12-17(18(23)13-20(19)27)15-4-6-16(30-2)7-5-15/h3-7,12-13,24,27H,1,8-11,14H2,2H3. The zero-order chi connectivity index (χ0) is 21.7. The summed E-state index contributed by atoms with van der Waals surface area (Å²) < 4.78 is 5.17. The van der Waals surface area contributed by atoms with E-state index in [1.165, 1.54) is 12.1 Å². The predicted octanol–water partition coefficient (Wildman–Crippen LogP) is 2.99. The Morgan fingerprint density at radius 2 is 1.80 bits per heavy atom. The molecule has 2 aromatic rings. The normalized spacial score (nSPS) is 13.7. The number of nitrogens with zero attached hydrogens (tertiary/aromatic N) is 2. The second-order valence-corrected chi connectivity index (χ2v) is 7.25. The molecule has 0 aromatic heterocycles. The first-order valence-corrected chi connectivity index (χ1v) is 9.90. The van der Waals surface area contributed by atoms with Crippen molar-refractivity contribution in [1.29, 1.82) is 0 Å². The summed E-state index contributed by atoms with van der Waals surface area (Å²) in [5, 5.41) is 13.6. The monoisotopic (exact) mass is 429 g/mol. The summed E-state index contributed by atoms with van der Waals surface area (Å²) >= 11 is 6.31. The van der Waals surface area contributed by atoms with E-state index in [-0.39, 0.29) is 24.1 Å². The molecule has 0 aliphatic carbocycles. The molecule has 3 rings (SSSR count). The van der Waals surface area contributed by atoms with Crippen molar-refractivity contribution in [2.24, 2.45) is 0 Å². The van der Waals surface area contributed by atoms with Crippen molar-refractivity contribution < 1.29 is 19.4 Å². The van der Waals surface area contributed by atoms with Crippen LogP contribution in [0.4, 0.5) is 5.69 Å². The van der Waals surface area contributed by atoms with Crippen LogP contribution in [-0.2, 0) is 9.59 Å². The van der Waals surface area contributed by atoms with Gasteiger partial charge in [0.25, 0.3) is 0 Å². The van der Waals surface area contributed by atoms with Crippen LogP contribution in [0.25, 0.3) is 11.1 Å². The molecule has 0 unspecified atom stereocenters. The van der Waals surface area contributed by atoms with E-state index in [0.717, 1.165) is 16.9 Å². The minimum Gasteiger partial charge on any atom is -0.506 e. The molecule has 1 fully saturated rings. The Bertz CT molecular complexity index is 938. The van der Waals surface area contributed by atoms with Gasteiger partial charge >= 0.3 is 0 Å². The molecule has 0 radical (unpaired) electrons. The minimum absolute atomic E-state index is 0.0205. The van der Waals surface area contributed by atoms with Gasteiger partial charge in [0.15, 0.2) is 0 Å². The van der Waals surface area contributed by atoms with Crippen molar-refractivity contribution in [1.82, 2.24) is 9.80 Å². The van der Waals surface area contributed by atoms with Gasteiger partial charge in [0.2, 0.25) is 11.8 Å². The Labute approximate surface area is 180 Å². The Kier molecular flexibility index (Phi) is 6.84. The van der Waals surface area contributed by atoms with Crippen molar-refractivity contribution in [2.45, 2.75) is 0 Å². The SMILES string of the molecule is C=CC(=O)N1CCN(C(=O)CNc2cc(-c3ccc(OC)cc3)c(Cl)cc2O)CC1. The van der Waals surface area contributed by atoms with E-state index < -0.39 is 0 Å². The van der Waals surface area contributed by atoms with Gasteiger partial charge in [0, 0.05) is 37.8 Å². The number of phenolic OH excluding ortho intramolecular Hbond substituents is 1. The molecular weight excluding hydrogens is 406 g/mol. The largest absolute Gasteiger partial charge is 0.506 e. The third-order valence-electron chi connectivity index (χ3n) is 5.04. The van der Waals surface area contributed by atoms with Crippen LogP contribution in [0, 0.1) is 0 Å². The van der Waals surface area contributed by atoms with E-state index in [2.05, 4.69) is 11.9 Å². The quantitative estimate of drug-likeness (QED) is 0.545. The van der Waals surface area contributed by atoms with E-state index in [9.17, 15) is 14.7 Å². The molecule has 8 heteroatoms. The molecule has 1 saturated heterocycles. The van der Waals surface area contributed by atoms with Crippen LogP contribution in [0.15, 0.2) is 49.1 Å². The van der Waals surface area contributed by atoms with Gasteiger partial charge in [-0.3, -0.25) is 9.59 Å².